The number of carbonyl (C=O) groups is 5. The van der Waals surface area contributed by atoms with Gasteiger partial charge in [0.25, 0.3) is 0 Å². The van der Waals surface area contributed by atoms with E-state index in [4.69, 9.17) is 5.73 Å². The van der Waals surface area contributed by atoms with Crippen LogP contribution in [0.25, 0.3) is 0 Å². The molecule has 1 aliphatic heterocycles. The molecule has 11 heteroatoms. The Hall–Kier alpha value is -4.25. The summed E-state index contributed by atoms with van der Waals surface area (Å²) in [4.78, 5) is 63.9. The number of hydrogen-bond acceptors (Lipinski definition) is 6. The predicted octanol–water partition coefficient (Wildman–Crippen LogP) is 0.709. The van der Waals surface area contributed by atoms with Crippen molar-refractivity contribution in [3.8, 4) is 0 Å². The average molecular weight is 539 g/mol. The Kier molecular flexibility index (Phi) is 10.6. The van der Waals surface area contributed by atoms with Gasteiger partial charge in [-0.1, -0.05) is 60.7 Å². The number of benzene rings is 2. The molecular formula is C28H34N4O7. The molecule has 39 heavy (non-hydrogen) atoms. The molecule has 3 amide bonds. The number of nitrogens with two attached hydrogens (primary N) is 1. The molecule has 0 saturated carbocycles. The number of amides is 3. The van der Waals surface area contributed by atoms with E-state index < -0.39 is 60.2 Å². The van der Waals surface area contributed by atoms with E-state index in [1.165, 1.54) is 4.90 Å². The highest BCUT2D eigenvalue weighted by Gasteiger charge is 2.38. The first-order valence-corrected chi connectivity index (χ1v) is 12.8. The summed E-state index contributed by atoms with van der Waals surface area (Å²) in [5.41, 5.74) is 7.61. The first-order valence-electron chi connectivity index (χ1n) is 12.8. The van der Waals surface area contributed by atoms with Gasteiger partial charge in [-0.05, 0) is 36.8 Å². The Morgan fingerprint density at radius 1 is 0.846 bits per heavy atom. The molecule has 0 spiro atoms. The number of nitrogens with zero attached hydrogens (tertiary/aromatic N) is 1. The number of carbonyl (C=O) groups excluding carboxylic acids is 3. The van der Waals surface area contributed by atoms with Crippen molar-refractivity contribution in [1.82, 2.24) is 15.5 Å². The Bertz CT molecular complexity index is 1160. The molecule has 2 aromatic carbocycles. The zero-order valence-electron chi connectivity index (χ0n) is 21.5. The van der Waals surface area contributed by atoms with Crippen LogP contribution in [-0.4, -0.2) is 75.5 Å². The minimum Gasteiger partial charge on any atom is -0.481 e. The SMILES string of the molecule is NC(Cc1ccccc1)C(=O)NC(CCC(=O)O)C(=O)NC(Cc1ccccc1)C(=O)N1CCCC1C(=O)O. The van der Waals surface area contributed by atoms with Crippen LogP contribution in [0.1, 0.15) is 36.8 Å². The third-order valence-electron chi connectivity index (χ3n) is 6.63. The average Bonchev–Trinajstić information content (AvgIpc) is 3.41. The van der Waals surface area contributed by atoms with Crippen LogP contribution < -0.4 is 16.4 Å². The van der Waals surface area contributed by atoms with E-state index in [-0.39, 0.29) is 25.8 Å². The van der Waals surface area contributed by atoms with Gasteiger partial charge in [0.2, 0.25) is 17.7 Å². The number of carboxylic acids is 2. The quantitative estimate of drug-likeness (QED) is 0.247. The van der Waals surface area contributed by atoms with Crippen molar-refractivity contribution in [2.24, 2.45) is 5.73 Å². The Morgan fingerprint density at radius 3 is 1.97 bits per heavy atom. The van der Waals surface area contributed by atoms with Crippen molar-refractivity contribution in [2.45, 2.75) is 62.7 Å². The van der Waals surface area contributed by atoms with E-state index in [0.717, 1.165) is 11.1 Å². The molecule has 0 radical (unpaired) electrons. The second-order valence-corrected chi connectivity index (χ2v) is 9.57. The molecule has 1 saturated heterocycles. The highest BCUT2D eigenvalue weighted by molar-refractivity contribution is 5.94. The van der Waals surface area contributed by atoms with Gasteiger partial charge in [-0.2, -0.15) is 0 Å². The van der Waals surface area contributed by atoms with Crippen LogP contribution >= 0.6 is 0 Å². The summed E-state index contributed by atoms with van der Waals surface area (Å²) in [6.07, 6.45) is 0.492. The molecule has 11 nitrogen and oxygen atoms in total. The standard InChI is InChI=1S/C28H34N4O7/c29-20(16-18-8-3-1-4-9-18)25(35)30-21(13-14-24(33)34)26(36)31-22(17-19-10-5-2-6-11-19)27(37)32-15-7-12-23(32)28(38)39/h1-6,8-11,20-23H,7,12-17,29H2,(H,30,35)(H,31,36)(H,33,34)(H,38,39). The normalized spacial score (nSPS) is 17.1. The minimum atomic E-state index is -1.27. The second kappa shape index (κ2) is 14.1. The molecule has 0 bridgehead atoms. The largest absolute Gasteiger partial charge is 0.481 e. The zero-order chi connectivity index (χ0) is 28.4. The van der Waals surface area contributed by atoms with Gasteiger partial charge in [-0.15, -0.1) is 0 Å². The fraction of sp³-hybridized carbons (Fsp3) is 0.393. The Labute approximate surface area is 226 Å². The lowest BCUT2D eigenvalue weighted by atomic mass is 10.0. The van der Waals surface area contributed by atoms with Gasteiger partial charge in [-0.25, -0.2) is 4.79 Å². The van der Waals surface area contributed by atoms with Gasteiger partial charge in [-0.3, -0.25) is 19.2 Å². The minimum absolute atomic E-state index is 0.0847. The first-order chi connectivity index (χ1) is 18.7. The lowest BCUT2D eigenvalue weighted by Gasteiger charge is -2.29. The first kappa shape index (κ1) is 29.3. The van der Waals surface area contributed by atoms with Gasteiger partial charge >= 0.3 is 11.9 Å². The van der Waals surface area contributed by atoms with Crippen LogP contribution in [0, 0.1) is 0 Å². The third kappa shape index (κ3) is 8.64. The zero-order valence-corrected chi connectivity index (χ0v) is 21.5. The summed E-state index contributed by atoms with van der Waals surface area (Å²) in [5.74, 6) is -4.22. The maximum atomic E-state index is 13.5. The molecule has 2 aromatic rings. The van der Waals surface area contributed by atoms with Gasteiger partial charge < -0.3 is 31.5 Å². The fourth-order valence-corrected chi connectivity index (χ4v) is 4.59. The Balaban J connectivity index is 1.77. The molecule has 1 aliphatic rings. The number of nitrogens with one attached hydrogen (secondary N) is 2. The lowest BCUT2D eigenvalue weighted by Crippen LogP contribution is -2.57. The number of rotatable bonds is 13. The molecule has 0 aromatic heterocycles. The van der Waals surface area contributed by atoms with E-state index in [9.17, 15) is 34.2 Å². The topological polar surface area (TPSA) is 179 Å². The summed E-state index contributed by atoms with van der Waals surface area (Å²) in [5, 5.41) is 23.9. The number of likely N-dealkylation sites (tertiary alicyclic amines) is 1. The number of carboxylic acid groups (broad SMARTS) is 2. The van der Waals surface area contributed by atoms with Crippen LogP contribution in [0.5, 0.6) is 0 Å². The van der Waals surface area contributed by atoms with Crippen LogP contribution in [0.15, 0.2) is 60.7 Å². The lowest BCUT2D eigenvalue weighted by molar-refractivity contribution is -0.149. The summed E-state index contributed by atoms with van der Waals surface area (Å²) < 4.78 is 0. The van der Waals surface area contributed by atoms with E-state index in [1.807, 2.05) is 30.3 Å². The number of hydrogen-bond donors (Lipinski definition) is 5. The molecule has 4 unspecified atom stereocenters. The molecule has 0 aliphatic carbocycles. The smallest absolute Gasteiger partial charge is 0.326 e. The van der Waals surface area contributed by atoms with E-state index in [0.29, 0.717) is 12.8 Å². The maximum Gasteiger partial charge on any atom is 0.326 e. The molecule has 4 atom stereocenters. The highest BCUT2D eigenvalue weighted by Crippen LogP contribution is 2.20. The van der Waals surface area contributed by atoms with Crippen LogP contribution in [-0.2, 0) is 36.8 Å². The van der Waals surface area contributed by atoms with Crippen molar-refractivity contribution < 1.29 is 34.2 Å². The highest BCUT2D eigenvalue weighted by atomic mass is 16.4. The molecule has 3 rings (SSSR count). The van der Waals surface area contributed by atoms with Crippen LogP contribution in [0.2, 0.25) is 0 Å². The molecule has 1 heterocycles. The van der Waals surface area contributed by atoms with E-state index in [2.05, 4.69) is 10.6 Å². The monoisotopic (exact) mass is 538 g/mol. The van der Waals surface area contributed by atoms with Gasteiger partial charge in [0.15, 0.2) is 0 Å². The van der Waals surface area contributed by atoms with Crippen molar-refractivity contribution in [3.05, 3.63) is 71.8 Å². The van der Waals surface area contributed by atoms with Crippen LogP contribution in [0.4, 0.5) is 0 Å². The molecular weight excluding hydrogens is 504 g/mol. The van der Waals surface area contributed by atoms with Crippen molar-refractivity contribution >= 4 is 29.7 Å². The van der Waals surface area contributed by atoms with Crippen molar-refractivity contribution in [3.63, 3.8) is 0 Å². The summed E-state index contributed by atoms with van der Waals surface area (Å²) >= 11 is 0. The fourth-order valence-electron chi connectivity index (χ4n) is 4.59. The molecule has 6 N–H and O–H groups in total. The van der Waals surface area contributed by atoms with Gasteiger partial charge in [0, 0.05) is 19.4 Å². The number of aliphatic carboxylic acids is 2. The maximum absolute atomic E-state index is 13.5. The van der Waals surface area contributed by atoms with Crippen molar-refractivity contribution in [1.29, 1.82) is 0 Å². The van der Waals surface area contributed by atoms with Crippen LogP contribution in [0.3, 0.4) is 0 Å². The van der Waals surface area contributed by atoms with Crippen molar-refractivity contribution in [2.75, 3.05) is 6.54 Å². The third-order valence-corrected chi connectivity index (χ3v) is 6.63. The molecule has 1 fully saturated rings. The second-order valence-electron chi connectivity index (χ2n) is 9.57. The van der Waals surface area contributed by atoms with Gasteiger partial charge in [0.05, 0.1) is 6.04 Å². The van der Waals surface area contributed by atoms with Gasteiger partial charge in [0.1, 0.15) is 18.1 Å². The predicted molar refractivity (Wildman–Crippen MR) is 141 cm³/mol. The Morgan fingerprint density at radius 2 is 1.41 bits per heavy atom. The summed E-state index contributed by atoms with van der Waals surface area (Å²) in [6.45, 7) is 0.241. The summed E-state index contributed by atoms with van der Waals surface area (Å²) in [7, 11) is 0. The van der Waals surface area contributed by atoms with E-state index in [1.54, 1.807) is 30.3 Å². The van der Waals surface area contributed by atoms with E-state index >= 15 is 0 Å². The molecule has 208 valence electrons. The summed E-state index contributed by atoms with van der Waals surface area (Å²) in [6, 6.07) is 13.6.